The molecule has 0 aliphatic heterocycles. The first-order chi connectivity index (χ1) is 6.51. The lowest BCUT2D eigenvalue weighted by Gasteiger charge is -2.04. The summed E-state index contributed by atoms with van der Waals surface area (Å²) in [7, 11) is -3.03. The van der Waals surface area contributed by atoms with E-state index in [2.05, 4.69) is 15.9 Å². The minimum absolute atomic E-state index is 0.122. The molecule has 1 saturated carbocycles. The fraction of sp³-hybridized carbons (Fsp3) is 0.400. The number of benzene rings is 1. The van der Waals surface area contributed by atoms with E-state index in [9.17, 15) is 8.42 Å². The Hall–Kier alpha value is -0.350. The normalized spacial score (nSPS) is 17.0. The molecule has 0 N–H and O–H groups in total. The van der Waals surface area contributed by atoms with Crippen molar-refractivity contribution in [1.82, 2.24) is 0 Å². The lowest BCUT2D eigenvalue weighted by atomic mass is 10.2. The topological polar surface area (TPSA) is 34.1 Å². The van der Waals surface area contributed by atoms with Crippen molar-refractivity contribution in [3.05, 3.63) is 28.2 Å². The van der Waals surface area contributed by atoms with Crippen LogP contribution in [0.3, 0.4) is 0 Å². The highest BCUT2D eigenvalue weighted by atomic mass is 79.9. The van der Waals surface area contributed by atoms with Crippen molar-refractivity contribution >= 4 is 25.8 Å². The first-order valence-electron chi connectivity index (χ1n) is 4.52. The van der Waals surface area contributed by atoms with E-state index in [0.29, 0.717) is 4.90 Å². The molecule has 2 rings (SSSR count). The van der Waals surface area contributed by atoms with Crippen molar-refractivity contribution in [3.63, 3.8) is 0 Å². The lowest BCUT2D eigenvalue weighted by molar-refractivity contribution is 0.594. The van der Waals surface area contributed by atoms with Crippen molar-refractivity contribution in [2.24, 2.45) is 0 Å². The van der Waals surface area contributed by atoms with Crippen LogP contribution in [0.5, 0.6) is 0 Å². The summed E-state index contributed by atoms with van der Waals surface area (Å²) in [6.45, 7) is 1.90. The molecule has 1 aliphatic rings. The number of aryl methyl sites for hydroxylation is 1. The van der Waals surface area contributed by atoms with E-state index < -0.39 is 9.84 Å². The maximum absolute atomic E-state index is 11.8. The average Bonchev–Trinajstić information content (AvgIpc) is 2.92. The molecule has 0 aromatic heterocycles. The molecule has 4 heteroatoms. The molecule has 14 heavy (non-hydrogen) atoms. The van der Waals surface area contributed by atoms with Crippen LogP contribution in [0.15, 0.2) is 27.6 Å². The summed E-state index contributed by atoms with van der Waals surface area (Å²) in [5, 5.41) is -0.122. The Kier molecular flexibility index (Phi) is 2.43. The highest BCUT2D eigenvalue weighted by Gasteiger charge is 2.36. The Morgan fingerprint density at radius 2 is 2.00 bits per heavy atom. The van der Waals surface area contributed by atoms with Crippen LogP contribution >= 0.6 is 15.9 Å². The molecule has 0 radical (unpaired) electrons. The van der Waals surface area contributed by atoms with Gasteiger partial charge in [0.1, 0.15) is 0 Å². The second-order valence-electron chi connectivity index (χ2n) is 3.66. The van der Waals surface area contributed by atoms with Crippen LogP contribution in [0.4, 0.5) is 0 Å². The third-order valence-corrected chi connectivity index (χ3v) is 5.57. The highest BCUT2D eigenvalue weighted by Crippen LogP contribution is 2.34. The quantitative estimate of drug-likeness (QED) is 0.831. The molecular weight excluding hydrogens is 264 g/mol. The standard InChI is InChI=1S/C10H11BrO2S/c1-7-6-9(4-5-10(7)11)14(12,13)8-2-3-8/h4-6,8H,2-3H2,1H3. The van der Waals surface area contributed by atoms with E-state index in [1.165, 1.54) is 0 Å². The molecule has 0 spiro atoms. The van der Waals surface area contributed by atoms with E-state index >= 15 is 0 Å². The maximum Gasteiger partial charge on any atom is 0.181 e. The molecule has 1 aromatic carbocycles. The van der Waals surface area contributed by atoms with E-state index in [4.69, 9.17) is 0 Å². The predicted octanol–water partition coefficient (Wildman–Crippen LogP) is 2.69. The number of sulfone groups is 1. The zero-order valence-corrected chi connectivity index (χ0v) is 10.2. The maximum atomic E-state index is 11.8. The van der Waals surface area contributed by atoms with Crippen LogP contribution < -0.4 is 0 Å². The third-order valence-electron chi connectivity index (χ3n) is 2.42. The number of halogens is 1. The van der Waals surface area contributed by atoms with Crippen molar-refractivity contribution in [3.8, 4) is 0 Å². The van der Waals surface area contributed by atoms with Crippen molar-refractivity contribution in [1.29, 1.82) is 0 Å². The first kappa shape index (κ1) is 10.2. The van der Waals surface area contributed by atoms with Crippen LogP contribution in [0.2, 0.25) is 0 Å². The number of hydrogen-bond donors (Lipinski definition) is 0. The minimum atomic E-state index is -3.03. The van der Waals surface area contributed by atoms with Gasteiger partial charge in [0.05, 0.1) is 10.1 Å². The predicted molar refractivity (Wildman–Crippen MR) is 59.1 cm³/mol. The van der Waals surface area contributed by atoms with E-state index in [1.54, 1.807) is 18.2 Å². The van der Waals surface area contributed by atoms with Gasteiger partial charge in [-0.3, -0.25) is 0 Å². The van der Waals surface area contributed by atoms with Crippen LogP contribution in [0, 0.1) is 6.92 Å². The fourth-order valence-electron chi connectivity index (χ4n) is 1.36. The first-order valence-corrected chi connectivity index (χ1v) is 6.86. The van der Waals surface area contributed by atoms with Crippen molar-refractivity contribution in [2.75, 3.05) is 0 Å². The summed E-state index contributed by atoms with van der Waals surface area (Å²) in [4.78, 5) is 0.459. The summed E-state index contributed by atoms with van der Waals surface area (Å²) < 4.78 is 24.6. The SMILES string of the molecule is Cc1cc(S(=O)(=O)C2CC2)ccc1Br. The Labute approximate surface area is 92.4 Å². The molecule has 0 saturated heterocycles. The Morgan fingerprint density at radius 1 is 1.36 bits per heavy atom. The zero-order valence-electron chi connectivity index (χ0n) is 7.83. The minimum Gasteiger partial charge on any atom is -0.223 e. The van der Waals surface area contributed by atoms with Gasteiger partial charge in [-0.25, -0.2) is 8.42 Å². The molecule has 0 bridgehead atoms. The van der Waals surface area contributed by atoms with Crippen molar-refractivity contribution < 1.29 is 8.42 Å². The molecule has 1 aromatic rings. The second-order valence-corrected chi connectivity index (χ2v) is 6.74. The smallest absolute Gasteiger partial charge is 0.181 e. The largest absolute Gasteiger partial charge is 0.223 e. The van der Waals surface area contributed by atoms with E-state index in [-0.39, 0.29) is 5.25 Å². The monoisotopic (exact) mass is 274 g/mol. The second kappa shape index (κ2) is 3.35. The van der Waals surface area contributed by atoms with Gasteiger partial charge < -0.3 is 0 Å². The lowest BCUT2D eigenvalue weighted by Crippen LogP contribution is -2.07. The Balaban J connectivity index is 2.46. The molecule has 0 heterocycles. The molecule has 0 atom stereocenters. The van der Waals surface area contributed by atoms with Crippen LogP contribution in [-0.2, 0) is 9.84 Å². The highest BCUT2D eigenvalue weighted by molar-refractivity contribution is 9.10. The van der Waals surface area contributed by atoms with Crippen LogP contribution in [-0.4, -0.2) is 13.7 Å². The Bertz CT molecular complexity index is 461. The van der Waals surface area contributed by atoms with Gasteiger partial charge in [-0.1, -0.05) is 15.9 Å². The fourth-order valence-corrected chi connectivity index (χ4v) is 3.35. The third kappa shape index (κ3) is 1.73. The molecule has 2 nitrogen and oxygen atoms in total. The number of rotatable bonds is 2. The summed E-state index contributed by atoms with van der Waals surface area (Å²) in [5.41, 5.74) is 0.965. The van der Waals surface area contributed by atoms with Gasteiger partial charge in [-0.05, 0) is 43.5 Å². The molecule has 0 unspecified atom stereocenters. The van der Waals surface area contributed by atoms with Gasteiger partial charge in [-0.2, -0.15) is 0 Å². The van der Waals surface area contributed by atoms with Gasteiger partial charge in [0, 0.05) is 4.47 Å². The molecule has 1 aliphatic carbocycles. The van der Waals surface area contributed by atoms with Crippen LogP contribution in [0.1, 0.15) is 18.4 Å². The zero-order chi connectivity index (χ0) is 10.3. The summed E-state index contributed by atoms with van der Waals surface area (Å²) in [6, 6.07) is 5.20. The van der Waals surface area contributed by atoms with Gasteiger partial charge in [0.25, 0.3) is 0 Å². The molecular formula is C10H11BrO2S. The summed E-state index contributed by atoms with van der Waals surface area (Å²) >= 11 is 3.35. The van der Waals surface area contributed by atoms with Crippen molar-refractivity contribution in [2.45, 2.75) is 29.9 Å². The Morgan fingerprint density at radius 3 is 2.50 bits per heavy atom. The van der Waals surface area contributed by atoms with Gasteiger partial charge in [0.2, 0.25) is 0 Å². The average molecular weight is 275 g/mol. The van der Waals surface area contributed by atoms with Gasteiger partial charge in [-0.15, -0.1) is 0 Å². The summed E-state index contributed by atoms with van der Waals surface area (Å²) in [5.74, 6) is 0. The van der Waals surface area contributed by atoms with E-state index in [0.717, 1.165) is 22.9 Å². The summed E-state index contributed by atoms with van der Waals surface area (Å²) in [6.07, 6.45) is 1.63. The molecule has 0 amide bonds. The molecule has 76 valence electrons. The number of hydrogen-bond acceptors (Lipinski definition) is 2. The van der Waals surface area contributed by atoms with E-state index in [1.807, 2.05) is 6.92 Å². The van der Waals surface area contributed by atoms with Gasteiger partial charge in [0.15, 0.2) is 9.84 Å². The molecule has 1 fully saturated rings. The van der Waals surface area contributed by atoms with Crippen LogP contribution in [0.25, 0.3) is 0 Å². The van der Waals surface area contributed by atoms with Gasteiger partial charge >= 0.3 is 0 Å².